The maximum absolute atomic E-state index is 12.4. The number of hydrogen-bond donors (Lipinski definition) is 1. The molecule has 1 unspecified atom stereocenters. The molecule has 0 spiro atoms. The predicted octanol–water partition coefficient (Wildman–Crippen LogP) is 4.81. The lowest BCUT2D eigenvalue weighted by Gasteiger charge is -2.15. The Balaban J connectivity index is 1.74. The monoisotopic (exact) mass is 434 g/mol. The molecule has 0 aliphatic rings. The standard InChI is InChI=1S/C19H19BrN2O3S/c1-11(2)22-16-9-6-14(10-17(16)26-19(22)24)21-18(23)12(3)25-15-7-4-13(20)5-8-15/h4-12H,1-3H3,(H,21,23). The molecule has 0 radical (unpaired) electrons. The van der Waals surface area contributed by atoms with Gasteiger partial charge in [-0.05, 0) is 63.2 Å². The molecule has 0 saturated heterocycles. The average Bonchev–Trinajstić information content (AvgIpc) is 2.92. The van der Waals surface area contributed by atoms with Gasteiger partial charge in [0.2, 0.25) is 0 Å². The molecule has 0 fully saturated rings. The Morgan fingerprint density at radius 3 is 2.50 bits per heavy atom. The number of hydrogen-bond acceptors (Lipinski definition) is 4. The molecule has 3 aromatic rings. The van der Waals surface area contributed by atoms with Crippen LogP contribution in [0.15, 0.2) is 51.7 Å². The number of amides is 1. The van der Waals surface area contributed by atoms with E-state index in [0.29, 0.717) is 11.4 Å². The van der Waals surface area contributed by atoms with Crippen LogP contribution < -0.4 is 14.9 Å². The van der Waals surface area contributed by atoms with Crippen LogP contribution in [-0.4, -0.2) is 16.6 Å². The number of carbonyl (C=O) groups is 1. The third-order valence-corrected chi connectivity index (χ3v) is 5.34. The average molecular weight is 435 g/mol. The number of halogens is 1. The fourth-order valence-electron chi connectivity index (χ4n) is 2.62. The zero-order chi connectivity index (χ0) is 18.8. The highest BCUT2D eigenvalue weighted by molar-refractivity contribution is 9.10. The van der Waals surface area contributed by atoms with Crippen molar-refractivity contribution < 1.29 is 9.53 Å². The first kappa shape index (κ1) is 18.7. The van der Waals surface area contributed by atoms with Gasteiger partial charge >= 0.3 is 4.87 Å². The summed E-state index contributed by atoms with van der Waals surface area (Å²) >= 11 is 4.54. The normalized spacial score (nSPS) is 12.3. The van der Waals surface area contributed by atoms with Crippen molar-refractivity contribution in [3.8, 4) is 5.75 Å². The van der Waals surface area contributed by atoms with Crippen molar-refractivity contribution in [2.75, 3.05) is 5.32 Å². The van der Waals surface area contributed by atoms with Gasteiger partial charge in [0, 0.05) is 16.2 Å². The molecule has 0 aliphatic heterocycles. The molecule has 3 rings (SSSR count). The van der Waals surface area contributed by atoms with Crippen LogP contribution in [0.1, 0.15) is 26.8 Å². The lowest BCUT2D eigenvalue weighted by molar-refractivity contribution is -0.122. The third kappa shape index (κ3) is 3.99. The summed E-state index contributed by atoms with van der Waals surface area (Å²) in [7, 11) is 0. The largest absolute Gasteiger partial charge is 0.481 e. The van der Waals surface area contributed by atoms with Crippen LogP contribution in [-0.2, 0) is 4.79 Å². The SMILES string of the molecule is CC(Oc1ccc(Br)cc1)C(=O)Nc1ccc2c(c1)sc(=O)n2C(C)C. The summed E-state index contributed by atoms with van der Waals surface area (Å²) in [5.41, 5.74) is 1.53. The highest BCUT2D eigenvalue weighted by Crippen LogP contribution is 2.24. The van der Waals surface area contributed by atoms with E-state index in [-0.39, 0.29) is 16.8 Å². The molecular weight excluding hydrogens is 416 g/mol. The van der Waals surface area contributed by atoms with E-state index in [0.717, 1.165) is 14.7 Å². The Kier molecular flexibility index (Phi) is 5.48. The van der Waals surface area contributed by atoms with Crippen LogP contribution in [0, 0.1) is 0 Å². The third-order valence-electron chi connectivity index (χ3n) is 3.89. The topological polar surface area (TPSA) is 60.3 Å². The summed E-state index contributed by atoms with van der Waals surface area (Å²) < 4.78 is 9.21. The van der Waals surface area contributed by atoms with Gasteiger partial charge in [-0.25, -0.2) is 0 Å². The van der Waals surface area contributed by atoms with Gasteiger partial charge in [-0.1, -0.05) is 27.3 Å². The number of fused-ring (bicyclic) bond motifs is 1. The number of aromatic nitrogens is 1. The van der Waals surface area contributed by atoms with E-state index in [1.54, 1.807) is 29.7 Å². The van der Waals surface area contributed by atoms with E-state index in [1.165, 1.54) is 11.3 Å². The molecule has 0 bridgehead atoms. The first-order valence-corrected chi connectivity index (χ1v) is 9.84. The second-order valence-electron chi connectivity index (χ2n) is 6.22. The smallest absolute Gasteiger partial charge is 0.308 e. The second-order valence-corrected chi connectivity index (χ2v) is 8.13. The summed E-state index contributed by atoms with van der Waals surface area (Å²) in [4.78, 5) is 24.5. The van der Waals surface area contributed by atoms with Crippen molar-refractivity contribution in [2.45, 2.75) is 32.9 Å². The number of nitrogens with zero attached hydrogens (tertiary/aromatic N) is 1. The molecule has 2 aromatic carbocycles. The number of anilines is 1. The van der Waals surface area contributed by atoms with Crippen molar-refractivity contribution >= 4 is 49.1 Å². The predicted molar refractivity (Wildman–Crippen MR) is 109 cm³/mol. The van der Waals surface area contributed by atoms with E-state index in [1.807, 2.05) is 38.1 Å². The van der Waals surface area contributed by atoms with Gasteiger partial charge in [0.1, 0.15) is 5.75 Å². The van der Waals surface area contributed by atoms with Crippen molar-refractivity contribution in [2.24, 2.45) is 0 Å². The van der Waals surface area contributed by atoms with Gasteiger partial charge in [0.15, 0.2) is 6.10 Å². The summed E-state index contributed by atoms with van der Waals surface area (Å²) in [6.45, 7) is 5.65. The minimum absolute atomic E-state index is 0.00502. The minimum atomic E-state index is -0.647. The van der Waals surface area contributed by atoms with Crippen molar-refractivity contribution in [1.29, 1.82) is 0 Å². The van der Waals surface area contributed by atoms with Gasteiger partial charge < -0.3 is 10.1 Å². The van der Waals surface area contributed by atoms with Crippen LogP contribution in [0.2, 0.25) is 0 Å². The highest BCUT2D eigenvalue weighted by Gasteiger charge is 2.16. The number of nitrogens with one attached hydrogen (secondary N) is 1. The van der Waals surface area contributed by atoms with Crippen molar-refractivity contribution in [1.82, 2.24) is 4.57 Å². The zero-order valence-electron chi connectivity index (χ0n) is 14.7. The fourth-order valence-corrected chi connectivity index (χ4v) is 3.93. The molecule has 136 valence electrons. The van der Waals surface area contributed by atoms with E-state index >= 15 is 0 Å². The molecule has 7 heteroatoms. The van der Waals surface area contributed by atoms with E-state index < -0.39 is 6.10 Å². The van der Waals surface area contributed by atoms with Gasteiger partial charge in [-0.3, -0.25) is 14.2 Å². The lowest BCUT2D eigenvalue weighted by Crippen LogP contribution is -2.30. The number of ether oxygens (including phenoxy) is 1. The van der Waals surface area contributed by atoms with Crippen LogP contribution in [0.4, 0.5) is 5.69 Å². The van der Waals surface area contributed by atoms with Crippen LogP contribution in [0.5, 0.6) is 5.75 Å². The Bertz CT molecular complexity index is 992. The molecule has 1 atom stereocenters. The van der Waals surface area contributed by atoms with Crippen molar-refractivity contribution in [3.05, 3.63) is 56.6 Å². The Morgan fingerprint density at radius 1 is 1.15 bits per heavy atom. The number of thiazole rings is 1. The van der Waals surface area contributed by atoms with E-state index in [4.69, 9.17) is 4.74 Å². The van der Waals surface area contributed by atoms with Gasteiger partial charge in [0.25, 0.3) is 5.91 Å². The first-order chi connectivity index (χ1) is 12.3. The highest BCUT2D eigenvalue weighted by atomic mass is 79.9. The van der Waals surface area contributed by atoms with Crippen LogP contribution >= 0.6 is 27.3 Å². The zero-order valence-corrected chi connectivity index (χ0v) is 17.1. The molecule has 1 N–H and O–H groups in total. The van der Waals surface area contributed by atoms with E-state index in [2.05, 4.69) is 21.2 Å². The van der Waals surface area contributed by atoms with Gasteiger partial charge in [0.05, 0.1) is 10.2 Å². The summed E-state index contributed by atoms with van der Waals surface area (Å²) in [6, 6.07) is 12.9. The van der Waals surface area contributed by atoms with Gasteiger partial charge in [-0.2, -0.15) is 0 Å². The van der Waals surface area contributed by atoms with Crippen LogP contribution in [0.3, 0.4) is 0 Å². The fraction of sp³-hybridized carbons (Fsp3) is 0.263. The molecule has 1 amide bonds. The van der Waals surface area contributed by atoms with E-state index in [9.17, 15) is 9.59 Å². The second kappa shape index (κ2) is 7.63. The summed E-state index contributed by atoms with van der Waals surface area (Å²) in [5.74, 6) is 0.376. The molecule has 5 nitrogen and oxygen atoms in total. The maximum atomic E-state index is 12.4. The molecular formula is C19H19BrN2O3S. The molecule has 1 aromatic heterocycles. The number of benzene rings is 2. The van der Waals surface area contributed by atoms with Crippen LogP contribution in [0.25, 0.3) is 10.2 Å². The molecule has 1 heterocycles. The quantitative estimate of drug-likeness (QED) is 0.626. The molecule has 0 saturated carbocycles. The lowest BCUT2D eigenvalue weighted by atomic mass is 10.2. The van der Waals surface area contributed by atoms with Crippen molar-refractivity contribution in [3.63, 3.8) is 0 Å². The molecule has 0 aliphatic carbocycles. The summed E-state index contributed by atoms with van der Waals surface area (Å²) in [5, 5.41) is 2.85. The van der Waals surface area contributed by atoms with Gasteiger partial charge in [-0.15, -0.1) is 0 Å². The minimum Gasteiger partial charge on any atom is -0.481 e. The number of carbonyl (C=O) groups excluding carboxylic acids is 1. The summed E-state index contributed by atoms with van der Waals surface area (Å²) in [6.07, 6.45) is -0.647. The first-order valence-electron chi connectivity index (χ1n) is 8.23. The Labute approximate surface area is 163 Å². The Morgan fingerprint density at radius 2 is 1.85 bits per heavy atom. The Hall–Kier alpha value is -2.12. The maximum Gasteiger partial charge on any atom is 0.308 e. The number of rotatable bonds is 5. The molecule has 26 heavy (non-hydrogen) atoms.